The van der Waals surface area contributed by atoms with E-state index >= 15 is 0 Å². The molecule has 0 fully saturated rings. The van der Waals surface area contributed by atoms with Gasteiger partial charge in [0.2, 0.25) is 0 Å². The van der Waals surface area contributed by atoms with Crippen LogP contribution in [0.5, 0.6) is 0 Å². The van der Waals surface area contributed by atoms with Crippen LogP contribution in [0, 0.1) is 13.8 Å². The summed E-state index contributed by atoms with van der Waals surface area (Å²) in [6, 6.07) is 10.1. The molecular weight excluding hydrogens is 314 g/mol. The molecule has 0 aliphatic heterocycles. The van der Waals surface area contributed by atoms with E-state index in [-0.39, 0.29) is 5.56 Å². The van der Waals surface area contributed by atoms with E-state index in [9.17, 15) is 4.79 Å². The zero-order chi connectivity index (χ0) is 17.8. The van der Waals surface area contributed by atoms with Gasteiger partial charge >= 0.3 is 0 Å². The minimum absolute atomic E-state index is 0.0788. The first kappa shape index (κ1) is 17.1. The molecule has 0 saturated carbocycles. The number of aryl methyl sites for hydroxylation is 1. The molecule has 0 saturated heterocycles. The van der Waals surface area contributed by atoms with E-state index in [1.54, 1.807) is 13.1 Å². The van der Waals surface area contributed by atoms with E-state index in [1.807, 2.05) is 36.0 Å². The Balaban J connectivity index is 1.65. The summed E-state index contributed by atoms with van der Waals surface area (Å²) < 4.78 is 1.93. The fourth-order valence-electron chi connectivity index (χ4n) is 2.65. The normalized spacial score (nSPS) is 11.2. The fraction of sp³-hybridized carbons (Fsp3) is 0.316. The lowest BCUT2D eigenvalue weighted by atomic mass is 10.1. The van der Waals surface area contributed by atoms with Crippen molar-refractivity contribution in [3.05, 3.63) is 69.9 Å². The van der Waals surface area contributed by atoms with Gasteiger partial charge in [-0.2, -0.15) is 5.10 Å². The van der Waals surface area contributed by atoms with Crippen molar-refractivity contribution in [2.75, 3.05) is 13.6 Å². The van der Waals surface area contributed by atoms with Gasteiger partial charge in [-0.15, -0.1) is 0 Å². The molecule has 0 amide bonds. The number of hydrogen-bond donors (Lipinski definition) is 1. The van der Waals surface area contributed by atoms with Crippen molar-refractivity contribution in [1.82, 2.24) is 24.6 Å². The molecule has 6 heteroatoms. The maximum Gasteiger partial charge on any atom is 0.254 e. The quantitative estimate of drug-likeness (QED) is 0.750. The van der Waals surface area contributed by atoms with Crippen LogP contribution in [-0.2, 0) is 13.1 Å². The molecule has 130 valence electrons. The topological polar surface area (TPSA) is 66.8 Å². The number of hydrogen-bond acceptors (Lipinski definition) is 4. The van der Waals surface area contributed by atoms with Crippen LogP contribution in [-0.4, -0.2) is 38.2 Å². The Kier molecular flexibility index (Phi) is 5.09. The molecule has 25 heavy (non-hydrogen) atoms. The van der Waals surface area contributed by atoms with Gasteiger partial charge in [0.15, 0.2) is 0 Å². The summed E-state index contributed by atoms with van der Waals surface area (Å²) in [4.78, 5) is 21.5. The first-order valence-electron chi connectivity index (χ1n) is 8.36. The standard InChI is InChI=1S/C19H23N5O/c1-14-15(2)21-18(22-19(14)25)17-7-5-16(6-8-17)13-23(3)11-12-24-10-4-9-20-24/h4-10H,11-13H2,1-3H3,(H,21,22,25). The highest BCUT2D eigenvalue weighted by molar-refractivity contribution is 5.55. The summed E-state index contributed by atoms with van der Waals surface area (Å²) >= 11 is 0. The molecule has 0 bridgehead atoms. The Hall–Kier alpha value is -2.73. The molecule has 0 radical (unpaired) electrons. The zero-order valence-electron chi connectivity index (χ0n) is 14.9. The lowest BCUT2D eigenvalue weighted by molar-refractivity contribution is 0.305. The molecule has 0 atom stereocenters. The van der Waals surface area contributed by atoms with Crippen molar-refractivity contribution in [3.8, 4) is 11.4 Å². The minimum Gasteiger partial charge on any atom is -0.306 e. The average Bonchev–Trinajstić information content (AvgIpc) is 3.12. The summed E-state index contributed by atoms with van der Waals surface area (Å²) in [5.41, 5.74) is 3.49. The SMILES string of the molecule is Cc1nc(-c2ccc(CN(C)CCn3cccn3)cc2)[nH]c(=O)c1C. The molecule has 2 aromatic heterocycles. The van der Waals surface area contributed by atoms with Crippen molar-refractivity contribution >= 4 is 0 Å². The smallest absolute Gasteiger partial charge is 0.254 e. The van der Waals surface area contributed by atoms with Crippen LogP contribution in [0.2, 0.25) is 0 Å². The lowest BCUT2D eigenvalue weighted by Crippen LogP contribution is -2.23. The van der Waals surface area contributed by atoms with E-state index < -0.39 is 0 Å². The van der Waals surface area contributed by atoms with Gasteiger partial charge in [0.1, 0.15) is 5.82 Å². The average molecular weight is 337 g/mol. The first-order chi connectivity index (χ1) is 12.0. The van der Waals surface area contributed by atoms with Crippen LogP contribution in [0.1, 0.15) is 16.8 Å². The Morgan fingerprint density at radius 2 is 1.96 bits per heavy atom. The van der Waals surface area contributed by atoms with Crippen LogP contribution < -0.4 is 5.56 Å². The molecular formula is C19H23N5O. The molecule has 0 spiro atoms. The van der Waals surface area contributed by atoms with E-state index in [0.29, 0.717) is 11.4 Å². The molecule has 0 unspecified atom stereocenters. The van der Waals surface area contributed by atoms with E-state index in [0.717, 1.165) is 30.9 Å². The fourth-order valence-corrected chi connectivity index (χ4v) is 2.65. The van der Waals surface area contributed by atoms with Gasteiger partial charge in [0.25, 0.3) is 5.56 Å². The van der Waals surface area contributed by atoms with Gasteiger partial charge < -0.3 is 9.88 Å². The highest BCUT2D eigenvalue weighted by Crippen LogP contribution is 2.16. The predicted octanol–water partition coefficient (Wildman–Crippen LogP) is 2.38. The third-order valence-electron chi connectivity index (χ3n) is 4.34. The Morgan fingerprint density at radius 3 is 2.60 bits per heavy atom. The molecule has 6 nitrogen and oxygen atoms in total. The molecule has 1 aromatic carbocycles. The zero-order valence-corrected chi connectivity index (χ0v) is 14.9. The summed E-state index contributed by atoms with van der Waals surface area (Å²) in [7, 11) is 2.10. The predicted molar refractivity (Wildman–Crippen MR) is 98.3 cm³/mol. The van der Waals surface area contributed by atoms with Gasteiger partial charge in [-0.3, -0.25) is 9.48 Å². The van der Waals surface area contributed by atoms with Crippen LogP contribution in [0.3, 0.4) is 0 Å². The highest BCUT2D eigenvalue weighted by atomic mass is 16.1. The number of aromatic amines is 1. The molecule has 1 N–H and O–H groups in total. The van der Waals surface area contributed by atoms with Crippen LogP contribution in [0.4, 0.5) is 0 Å². The maximum absolute atomic E-state index is 11.9. The molecule has 2 heterocycles. The summed E-state index contributed by atoms with van der Waals surface area (Å²) in [5, 5.41) is 4.21. The number of aromatic nitrogens is 4. The number of nitrogens with one attached hydrogen (secondary N) is 1. The van der Waals surface area contributed by atoms with Crippen LogP contribution in [0.25, 0.3) is 11.4 Å². The monoisotopic (exact) mass is 337 g/mol. The Bertz CT molecular complexity index is 881. The van der Waals surface area contributed by atoms with E-state index in [4.69, 9.17) is 0 Å². The van der Waals surface area contributed by atoms with E-state index in [2.05, 4.69) is 39.1 Å². The number of benzene rings is 1. The van der Waals surface area contributed by atoms with Crippen molar-refractivity contribution in [2.24, 2.45) is 0 Å². The van der Waals surface area contributed by atoms with Crippen LogP contribution in [0.15, 0.2) is 47.5 Å². The Morgan fingerprint density at radius 1 is 1.20 bits per heavy atom. The molecule has 0 aliphatic carbocycles. The highest BCUT2D eigenvalue weighted by Gasteiger charge is 2.07. The number of rotatable bonds is 6. The van der Waals surface area contributed by atoms with Crippen molar-refractivity contribution < 1.29 is 0 Å². The largest absolute Gasteiger partial charge is 0.306 e. The number of likely N-dealkylation sites (N-methyl/N-ethyl adjacent to an activating group) is 1. The molecule has 3 rings (SSSR count). The number of nitrogens with zero attached hydrogens (tertiary/aromatic N) is 4. The molecule has 3 aromatic rings. The lowest BCUT2D eigenvalue weighted by Gasteiger charge is -2.17. The third kappa shape index (κ3) is 4.22. The van der Waals surface area contributed by atoms with Gasteiger partial charge in [-0.25, -0.2) is 4.98 Å². The minimum atomic E-state index is -0.0788. The van der Waals surface area contributed by atoms with Gasteiger partial charge in [-0.1, -0.05) is 24.3 Å². The van der Waals surface area contributed by atoms with Gasteiger partial charge in [0, 0.05) is 42.3 Å². The second-order valence-electron chi connectivity index (χ2n) is 6.33. The van der Waals surface area contributed by atoms with E-state index in [1.165, 1.54) is 5.56 Å². The van der Waals surface area contributed by atoms with Gasteiger partial charge in [-0.05, 0) is 32.5 Å². The van der Waals surface area contributed by atoms with Crippen LogP contribution >= 0.6 is 0 Å². The third-order valence-corrected chi connectivity index (χ3v) is 4.34. The summed E-state index contributed by atoms with van der Waals surface area (Å²) in [5.74, 6) is 0.617. The Labute approximate surface area is 147 Å². The van der Waals surface area contributed by atoms with Crippen molar-refractivity contribution in [1.29, 1.82) is 0 Å². The second-order valence-corrected chi connectivity index (χ2v) is 6.33. The second kappa shape index (κ2) is 7.44. The van der Waals surface area contributed by atoms with Crippen molar-refractivity contribution in [3.63, 3.8) is 0 Å². The summed E-state index contributed by atoms with van der Waals surface area (Å²) in [6.45, 7) is 6.30. The molecule has 0 aliphatic rings. The maximum atomic E-state index is 11.9. The van der Waals surface area contributed by atoms with Gasteiger partial charge in [0.05, 0.1) is 6.54 Å². The van der Waals surface area contributed by atoms with Crippen molar-refractivity contribution in [2.45, 2.75) is 26.9 Å². The summed E-state index contributed by atoms with van der Waals surface area (Å²) in [6.07, 6.45) is 3.77. The number of H-pyrrole nitrogens is 1. The first-order valence-corrected chi connectivity index (χ1v) is 8.36.